The number of imidazole rings is 1. The molecule has 2 atom stereocenters. The Labute approximate surface area is 148 Å². The zero-order valence-electron chi connectivity index (χ0n) is 14.9. The Morgan fingerprint density at radius 3 is 2.68 bits per heavy atom. The Balaban J connectivity index is 1.53. The fraction of sp³-hybridized carbons (Fsp3) is 0.474. The lowest BCUT2D eigenvalue weighted by Crippen LogP contribution is -2.36. The molecule has 4 rings (SSSR count). The first kappa shape index (κ1) is 16.1. The van der Waals surface area contributed by atoms with E-state index in [1.807, 2.05) is 12.4 Å². The maximum Gasteiger partial charge on any atom is 0.176 e. The predicted octanol–water partition coefficient (Wildman–Crippen LogP) is 2.93. The normalized spacial score (nSPS) is 23.1. The van der Waals surface area contributed by atoms with Crippen LogP contribution in [0.1, 0.15) is 32.1 Å². The van der Waals surface area contributed by atoms with E-state index in [2.05, 4.69) is 57.9 Å². The maximum absolute atomic E-state index is 5.42. The van der Waals surface area contributed by atoms with E-state index in [-0.39, 0.29) is 6.04 Å². The lowest BCUT2D eigenvalue weighted by Gasteiger charge is -2.29. The summed E-state index contributed by atoms with van der Waals surface area (Å²) in [4.78, 5) is 11.7. The van der Waals surface area contributed by atoms with Crippen LogP contribution in [0.3, 0.4) is 0 Å². The number of rotatable bonds is 3. The van der Waals surface area contributed by atoms with Crippen LogP contribution in [0.2, 0.25) is 0 Å². The molecule has 0 bridgehead atoms. The highest BCUT2D eigenvalue weighted by atomic mass is 16.5. The molecule has 0 spiro atoms. The van der Waals surface area contributed by atoms with Gasteiger partial charge in [0.2, 0.25) is 0 Å². The number of aromatic nitrogens is 2. The zero-order valence-corrected chi connectivity index (χ0v) is 14.9. The summed E-state index contributed by atoms with van der Waals surface area (Å²) in [6.45, 7) is 7.89. The van der Waals surface area contributed by atoms with E-state index in [4.69, 9.17) is 9.73 Å². The maximum atomic E-state index is 5.42. The van der Waals surface area contributed by atoms with Gasteiger partial charge in [-0.05, 0) is 37.6 Å². The lowest BCUT2D eigenvalue weighted by molar-refractivity contribution is 0.122. The molecule has 25 heavy (non-hydrogen) atoms. The Hall–Kier alpha value is -2.34. The first-order valence-corrected chi connectivity index (χ1v) is 9.07. The van der Waals surface area contributed by atoms with E-state index in [1.165, 1.54) is 5.69 Å². The second kappa shape index (κ2) is 6.88. The number of benzene rings is 1. The Bertz CT molecular complexity index is 745. The SMILES string of the molecule is CCC1N=C(Nc2ccc(N3CCOCC3)cc2)c2nccn2[C@H]1C. The van der Waals surface area contributed by atoms with Crippen molar-refractivity contribution in [2.24, 2.45) is 4.99 Å². The average Bonchev–Trinajstić information content (AvgIpc) is 3.16. The van der Waals surface area contributed by atoms with Gasteiger partial charge in [-0.3, -0.25) is 4.99 Å². The van der Waals surface area contributed by atoms with Crippen molar-refractivity contribution in [2.75, 3.05) is 36.5 Å². The molecule has 1 fully saturated rings. The van der Waals surface area contributed by atoms with Gasteiger partial charge in [-0.25, -0.2) is 4.98 Å². The second-order valence-corrected chi connectivity index (χ2v) is 6.62. The van der Waals surface area contributed by atoms with Crippen LogP contribution in [0.15, 0.2) is 41.7 Å². The van der Waals surface area contributed by atoms with Gasteiger partial charge in [0.25, 0.3) is 0 Å². The zero-order chi connectivity index (χ0) is 17.2. The molecule has 0 radical (unpaired) electrons. The topological polar surface area (TPSA) is 54.7 Å². The van der Waals surface area contributed by atoms with E-state index >= 15 is 0 Å². The predicted molar refractivity (Wildman–Crippen MR) is 101 cm³/mol. The molecule has 3 heterocycles. The molecule has 1 saturated heterocycles. The van der Waals surface area contributed by atoms with E-state index in [0.29, 0.717) is 6.04 Å². The summed E-state index contributed by atoms with van der Waals surface area (Å²) in [7, 11) is 0. The van der Waals surface area contributed by atoms with Crippen molar-refractivity contribution in [3.05, 3.63) is 42.5 Å². The molecule has 0 aliphatic carbocycles. The van der Waals surface area contributed by atoms with Crippen molar-refractivity contribution >= 4 is 17.2 Å². The van der Waals surface area contributed by atoms with Crippen molar-refractivity contribution in [3.8, 4) is 0 Å². The highest BCUT2D eigenvalue weighted by Gasteiger charge is 2.27. The monoisotopic (exact) mass is 339 g/mol. The highest BCUT2D eigenvalue weighted by molar-refractivity contribution is 6.06. The van der Waals surface area contributed by atoms with Gasteiger partial charge in [0.1, 0.15) is 0 Å². The van der Waals surface area contributed by atoms with Gasteiger partial charge in [0.05, 0.1) is 25.3 Å². The van der Waals surface area contributed by atoms with Crippen LogP contribution in [0.5, 0.6) is 0 Å². The summed E-state index contributed by atoms with van der Waals surface area (Å²) in [5.74, 6) is 1.77. The molecular weight excluding hydrogens is 314 g/mol. The first-order chi connectivity index (χ1) is 12.3. The van der Waals surface area contributed by atoms with Gasteiger partial charge >= 0.3 is 0 Å². The van der Waals surface area contributed by atoms with E-state index < -0.39 is 0 Å². The van der Waals surface area contributed by atoms with Crippen molar-refractivity contribution in [2.45, 2.75) is 32.4 Å². The van der Waals surface area contributed by atoms with E-state index in [9.17, 15) is 0 Å². The minimum Gasteiger partial charge on any atom is -0.378 e. The van der Waals surface area contributed by atoms with Crippen molar-refractivity contribution < 1.29 is 4.74 Å². The van der Waals surface area contributed by atoms with Gasteiger partial charge in [-0.1, -0.05) is 6.92 Å². The Morgan fingerprint density at radius 1 is 1.20 bits per heavy atom. The Kier molecular flexibility index (Phi) is 4.44. The summed E-state index contributed by atoms with van der Waals surface area (Å²) >= 11 is 0. The summed E-state index contributed by atoms with van der Waals surface area (Å²) in [6, 6.07) is 9.15. The molecule has 6 nitrogen and oxygen atoms in total. The van der Waals surface area contributed by atoms with E-state index in [1.54, 1.807) is 0 Å². The number of anilines is 2. The number of nitrogens with one attached hydrogen (secondary N) is 1. The fourth-order valence-corrected chi connectivity index (χ4v) is 3.58. The molecule has 0 amide bonds. The molecule has 0 saturated carbocycles. The minimum atomic E-state index is 0.275. The number of morpholine rings is 1. The van der Waals surface area contributed by atoms with Crippen LogP contribution in [0, 0.1) is 0 Å². The van der Waals surface area contributed by atoms with Gasteiger partial charge in [-0.15, -0.1) is 0 Å². The first-order valence-electron chi connectivity index (χ1n) is 9.07. The van der Waals surface area contributed by atoms with Crippen LogP contribution in [-0.4, -0.2) is 47.7 Å². The minimum absolute atomic E-state index is 0.275. The van der Waals surface area contributed by atoms with Crippen molar-refractivity contribution in [1.82, 2.24) is 9.55 Å². The highest BCUT2D eigenvalue weighted by Crippen LogP contribution is 2.26. The van der Waals surface area contributed by atoms with Crippen LogP contribution < -0.4 is 10.2 Å². The van der Waals surface area contributed by atoms with Crippen LogP contribution in [0.25, 0.3) is 0 Å². The lowest BCUT2D eigenvalue weighted by atomic mass is 10.1. The number of hydrogen-bond donors (Lipinski definition) is 1. The molecule has 1 aromatic heterocycles. The molecule has 2 aromatic rings. The molecule has 2 aliphatic rings. The third kappa shape index (κ3) is 3.14. The average molecular weight is 339 g/mol. The molecule has 1 aromatic carbocycles. The van der Waals surface area contributed by atoms with E-state index in [0.717, 1.165) is 50.1 Å². The number of ether oxygens (including phenoxy) is 1. The molecular formula is C19H25N5O. The van der Waals surface area contributed by atoms with Crippen LogP contribution in [-0.2, 0) is 4.74 Å². The fourth-order valence-electron chi connectivity index (χ4n) is 3.58. The molecule has 6 heteroatoms. The Morgan fingerprint density at radius 2 is 1.96 bits per heavy atom. The van der Waals surface area contributed by atoms with Gasteiger partial charge in [0.15, 0.2) is 11.7 Å². The summed E-state index contributed by atoms with van der Waals surface area (Å²) < 4.78 is 7.64. The third-order valence-electron chi connectivity index (χ3n) is 5.10. The largest absolute Gasteiger partial charge is 0.378 e. The van der Waals surface area contributed by atoms with Gasteiger partial charge < -0.3 is 19.5 Å². The smallest absolute Gasteiger partial charge is 0.176 e. The number of fused-ring (bicyclic) bond motifs is 1. The number of hydrogen-bond acceptors (Lipinski definition) is 5. The van der Waals surface area contributed by atoms with Crippen molar-refractivity contribution in [1.29, 1.82) is 0 Å². The quantitative estimate of drug-likeness (QED) is 0.934. The van der Waals surface area contributed by atoms with Gasteiger partial charge in [0, 0.05) is 36.9 Å². The molecule has 1 unspecified atom stereocenters. The number of nitrogens with zero attached hydrogens (tertiary/aromatic N) is 4. The summed E-state index contributed by atoms with van der Waals surface area (Å²) in [6.07, 6.45) is 4.91. The standard InChI is InChI=1S/C19H25N5O/c1-3-17-14(2)24-9-8-20-19(24)18(22-17)21-15-4-6-16(7-5-15)23-10-12-25-13-11-23/h4-9,14,17H,3,10-13H2,1-2H3,(H,21,22)/t14-,17?/m0/s1. The number of amidine groups is 1. The number of aliphatic imine (C=N–C) groups is 1. The van der Waals surface area contributed by atoms with Crippen LogP contribution in [0.4, 0.5) is 11.4 Å². The molecule has 2 aliphatic heterocycles. The van der Waals surface area contributed by atoms with Crippen LogP contribution >= 0.6 is 0 Å². The summed E-state index contributed by atoms with van der Waals surface area (Å²) in [5.41, 5.74) is 2.27. The second-order valence-electron chi connectivity index (χ2n) is 6.62. The summed E-state index contributed by atoms with van der Waals surface area (Å²) in [5, 5.41) is 3.46. The van der Waals surface area contributed by atoms with Crippen molar-refractivity contribution in [3.63, 3.8) is 0 Å². The molecule has 1 N–H and O–H groups in total. The molecule has 132 valence electrons. The van der Waals surface area contributed by atoms with Gasteiger partial charge in [-0.2, -0.15) is 0 Å². The third-order valence-corrected chi connectivity index (χ3v) is 5.10.